The second-order valence-corrected chi connectivity index (χ2v) is 5.60. The van der Waals surface area contributed by atoms with Gasteiger partial charge in [0.25, 0.3) is 0 Å². The van der Waals surface area contributed by atoms with E-state index < -0.39 is 0 Å². The van der Waals surface area contributed by atoms with Crippen LogP contribution in [0.5, 0.6) is 5.75 Å². The molecule has 0 unspecified atom stereocenters. The standard InChI is InChI=1S/C14H18N4O2S/c1-4-10(13(19)16-14-18-17-9(2)21-14)15-11-7-5-6-8-12(11)20-3/h5-8,10,15H,4H2,1-3H3,(H,16,18,19)/t10-/m1/s1. The molecule has 0 spiro atoms. The highest BCUT2D eigenvalue weighted by molar-refractivity contribution is 7.15. The Hall–Kier alpha value is -2.15. The lowest BCUT2D eigenvalue weighted by Crippen LogP contribution is -2.34. The van der Waals surface area contributed by atoms with Gasteiger partial charge in [0.2, 0.25) is 11.0 Å². The molecule has 1 atom stereocenters. The van der Waals surface area contributed by atoms with Crippen molar-refractivity contribution in [3.8, 4) is 5.75 Å². The zero-order chi connectivity index (χ0) is 15.2. The average Bonchev–Trinajstić information content (AvgIpc) is 2.90. The van der Waals surface area contributed by atoms with E-state index in [1.54, 1.807) is 7.11 Å². The van der Waals surface area contributed by atoms with Gasteiger partial charge in [0.15, 0.2) is 0 Å². The van der Waals surface area contributed by atoms with Gasteiger partial charge >= 0.3 is 0 Å². The lowest BCUT2D eigenvalue weighted by atomic mass is 10.2. The summed E-state index contributed by atoms with van der Waals surface area (Å²) in [5.74, 6) is 0.565. The maximum atomic E-state index is 12.3. The van der Waals surface area contributed by atoms with Gasteiger partial charge < -0.3 is 10.1 Å². The Morgan fingerprint density at radius 1 is 1.38 bits per heavy atom. The van der Waals surface area contributed by atoms with E-state index in [2.05, 4.69) is 20.8 Å². The number of rotatable bonds is 6. The molecule has 1 heterocycles. The number of ether oxygens (including phenoxy) is 1. The van der Waals surface area contributed by atoms with E-state index in [1.165, 1.54) is 11.3 Å². The van der Waals surface area contributed by atoms with Gasteiger partial charge in [-0.25, -0.2) is 0 Å². The van der Waals surface area contributed by atoms with Crippen molar-refractivity contribution in [3.63, 3.8) is 0 Å². The lowest BCUT2D eigenvalue weighted by Gasteiger charge is -2.18. The van der Waals surface area contributed by atoms with Crippen LogP contribution in [0.1, 0.15) is 18.4 Å². The molecule has 1 aromatic carbocycles. The first kappa shape index (κ1) is 15.2. The molecule has 0 saturated carbocycles. The van der Waals surface area contributed by atoms with Crippen LogP contribution in [0.3, 0.4) is 0 Å². The van der Waals surface area contributed by atoms with Crippen LogP contribution in [0.2, 0.25) is 0 Å². The summed E-state index contributed by atoms with van der Waals surface area (Å²) in [7, 11) is 1.60. The van der Waals surface area contributed by atoms with Gasteiger partial charge in [-0.2, -0.15) is 0 Å². The number of methoxy groups -OCH3 is 1. The number of hydrogen-bond donors (Lipinski definition) is 2. The van der Waals surface area contributed by atoms with Gasteiger partial charge in [-0.3, -0.25) is 10.1 Å². The fourth-order valence-electron chi connectivity index (χ4n) is 1.84. The molecule has 2 N–H and O–H groups in total. The maximum Gasteiger partial charge on any atom is 0.248 e. The normalized spacial score (nSPS) is 11.8. The Labute approximate surface area is 127 Å². The number of benzene rings is 1. The van der Waals surface area contributed by atoms with Crippen LogP contribution in [-0.4, -0.2) is 29.3 Å². The lowest BCUT2D eigenvalue weighted by molar-refractivity contribution is -0.117. The second kappa shape index (κ2) is 7.03. The maximum absolute atomic E-state index is 12.3. The van der Waals surface area contributed by atoms with E-state index >= 15 is 0 Å². The van der Waals surface area contributed by atoms with Crippen molar-refractivity contribution in [3.05, 3.63) is 29.3 Å². The number of aromatic nitrogens is 2. The van der Waals surface area contributed by atoms with Crippen molar-refractivity contribution in [2.24, 2.45) is 0 Å². The zero-order valence-corrected chi connectivity index (χ0v) is 13.0. The highest BCUT2D eigenvalue weighted by Crippen LogP contribution is 2.24. The molecule has 1 amide bonds. The van der Waals surface area contributed by atoms with Crippen molar-refractivity contribution < 1.29 is 9.53 Å². The molecule has 2 aromatic rings. The van der Waals surface area contributed by atoms with Crippen molar-refractivity contribution in [1.82, 2.24) is 10.2 Å². The fraction of sp³-hybridized carbons (Fsp3) is 0.357. The molecule has 7 heteroatoms. The number of para-hydroxylation sites is 2. The van der Waals surface area contributed by atoms with Crippen molar-refractivity contribution in [1.29, 1.82) is 0 Å². The Balaban J connectivity index is 2.06. The molecule has 0 bridgehead atoms. The summed E-state index contributed by atoms with van der Waals surface area (Å²) in [6, 6.07) is 7.13. The Morgan fingerprint density at radius 2 is 2.14 bits per heavy atom. The highest BCUT2D eigenvalue weighted by Gasteiger charge is 2.19. The third-order valence-corrected chi connectivity index (χ3v) is 3.67. The van der Waals surface area contributed by atoms with Gasteiger partial charge in [0.1, 0.15) is 16.8 Å². The molecule has 21 heavy (non-hydrogen) atoms. The zero-order valence-electron chi connectivity index (χ0n) is 12.2. The van der Waals surface area contributed by atoms with Crippen LogP contribution in [0, 0.1) is 6.92 Å². The van der Waals surface area contributed by atoms with Crippen LogP contribution < -0.4 is 15.4 Å². The summed E-state index contributed by atoms with van der Waals surface area (Å²) in [5.41, 5.74) is 0.787. The Kier molecular flexibility index (Phi) is 5.10. The van der Waals surface area contributed by atoms with Crippen LogP contribution in [0.15, 0.2) is 24.3 Å². The van der Waals surface area contributed by atoms with Crippen LogP contribution in [0.25, 0.3) is 0 Å². The van der Waals surface area contributed by atoms with Crippen molar-refractivity contribution >= 4 is 28.1 Å². The highest BCUT2D eigenvalue weighted by atomic mass is 32.1. The van der Waals surface area contributed by atoms with Crippen molar-refractivity contribution in [2.45, 2.75) is 26.3 Å². The number of hydrogen-bond acceptors (Lipinski definition) is 6. The SMILES string of the molecule is CC[C@@H](Nc1ccccc1OC)C(=O)Nc1nnc(C)s1. The van der Waals surface area contributed by atoms with Gasteiger partial charge in [0.05, 0.1) is 12.8 Å². The second-order valence-electron chi connectivity index (χ2n) is 4.42. The van der Waals surface area contributed by atoms with Crippen LogP contribution in [0.4, 0.5) is 10.8 Å². The van der Waals surface area contributed by atoms with Gasteiger partial charge in [0, 0.05) is 0 Å². The van der Waals surface area contributed by atoms with E-state index in [4.69, 9.17) is 4.74 Å². The summed E-state index contributed by atoms with van der Waals surface area (Å²) < 4.78 is 5.28. The third-order valence-electron chi connectivity index (χ3n) is 2.92. The number of anilines is 2. The molecule has 0 fully saturated rings. The monoisotopic (exact) mass is 306 g/mol. The molecule has 0 aliphatic heterocycles. The molecule has 0 aliphatic carbocycles. The molecule has 0 saturated heterocycles. The topological polar surface area (TPSA) is 76.1 Å². The summed E-state index contributed by atoms with van der Waals surface area (Å²) in [4.78, 5) is 12.3. The summed E-state index contributed by atoms with van der Waals surface area (Å²) in [5, 5.41) is 15.1. The summed E-state index contributed by atoms with van der Waals surface area (Å²) in [6.07, 6.45) is 0.641. The molecule has 2 rings (SSSR count). The minimum absolute atomic E-state index is 0.139. The summed E-state index contributed by atoms with van der Waals surface area (Å²) >= 11 is 1.35. The average molecular weight is 306 g/mol. The van der Waals surface area contributed by atoms with E-state index in [9.17, 15) is 4.79 Å². The van der Waals surface area contributed by atoms with Gasteiger partial charge in [-0.1, -0.05) is 30.4 Å². The van der Waals surface area contributed by atoms with Gasteiger partial charge in [-0.05, 0) is 25.5 Å². The molecule has 6 nitrogen and oxygen atoms in total. The van der Waals surface area contributed by atoms with Crippen molar-refractivity contribution in [2.75, 3.05) is 17.7 Å². The number of aryl methyl sites for hydroxylation is 1. The predicted molar refractivity (Wildman–Crippen MR) is 84.0 cm³/mol. The number of carbonyl (C=O) groups excluding carboxylic acids is 1. The van der Waals surface area contributed by atoms with Crippen LogP contribution >= 0.6 is 11.3 Å². The number of amides is 1. The summed E-state index contributed by atoms with van der Waals surface area (Å²) in [6.45, 7) is 3.79. The van der Waals surface area contributed by atoms with E-state index in [0.29, 0.717) is 17.3 Å². The number of nitrogens with one attached hydrogen (secondary N) is 2. The first-order valence-corrected chi connectivity index (χ1v) is 7.46. The van der Waals surface area contributed by atoms with E-state index in [0.717, 1.165) is 10.7 Å². The minimum atomic E-state index is -0.370. The predicted octanol–water partition coefficient (Wildman–Crippen LogP) is 2.68. The molecular weight excluding hydrogens is 288 g/mol. The Morgan fingerprint density at radius 3 is 2.76 bits per heavy atom. The Bertz CT molecular complexity index is 615. The molecular formula is C14H18N4O2S. The number of nitrogens with zero attached hydrogens (tertiary/aromatic N) is 2. The molecule has 1 aromatic heterocycles. The molecule has 0 aliphatic rings. The van der Waals surface area contributed by atoms with Gasteiger partial charge in [-0.15, -0.1) is 10.2 Å². The van der Waals surface area contributed by atoms with E-state index in [-0.39, 0.29) is 11.9 Å². The fourth-order valence-corrected chi connectivity index (χ4v) is 2.44. The third kappa shape index (κ3) is 3.91. The van der Waals surface area contributed by atoms with Crippen LogP contribution in [-0.2, 0) is 4.79 Å². The number of carbonyl (C=O) groups is 1. The minimum Gasteiger partial charge on any atom is -0.495 e. The quantitative estimate of drug-likeness (QED) is 0.858. The molecule has 0 radical (unpaired) electrons. The smallest absolute Gasteiger partial charge is 0.248 e. The first-order chi connectivity index (χ1) is 10.1. The largest absolute Gasteiger partial charge is 0.495 e. The first-order valence-electron chi connectivity index (χ1n) is 6.64. The molecule has 112 valence electrons. The van der Waals surface area contributed by atoms with E-state index in [1.807, 2.05) is 38.1 Å².